The van der Waals surface area contributed by atoms with Gasteiger partial charge in [0.2, 0.25) is 0 Å². The van der Waals surface area contributed by atoms with Crippen LogP contribution >= 0.6 is 0 Å². The van der Waals surface area contributed by atoms with E-state index in [4.69, 9.17) is 0 Å². The van der Waals surface area contributed by atoms with Crippen molar-refractivity contribution >= 4 is 5.91 Å². The van der Waals surface area contributed by atoms with Crippen molar-refractivity contribution in [3.05, 3.63) is 69.6 Å². The Balaban J connectivity index is 1.85. The van der Waals surface area contributed by atoms with E-state index in [9.17, 15) is 9.59 Å². The Morgan fingerprint density at radius 1 is 1.24 bits per heavy atom. The van der Waals surface area contributed by atoms with Crippen LogP contribution < -0.4 is 5.56 Å². The van der Waals surface area contributed by atoms with Crippen molar-refractivity contribution in [1.82, 2.24) is 9.88 Å². The highest BCUT2D eigenvalue weighted by atomic mass is 16.2. The number of carbonyl (C=O) groups excluding carboxylic acids is 1. The summed E-state index contributed by atoms with van der Waals surface area (Å²) in [6.07, 6.45) is 3.57. The number of carbonyl (C=O) groups is 1. The van der Waals surface area contributed by atoms with Gasteiger partial charge in [-0.1, -0.05) is 29.8 Å². The Morgan fingerprint density at radius 3 is 2.57 bits per heavy atom. The van der Waals surface area contributed by atoms with Crippen LogP contribution in [-0.4, -0.2) is 21.8 Å². The second-order valence-electron chi connectivity index (χ2n) is 5.56. The molecule has 1 fully saturated rings. The summed E-state index contributed by atoms with van der Waals surface area (Å²) in [6.45, 7) is 2.59. The third-order valence-electron chi connectivity index (χ3n) is 3.77. The molecule has 1 heterocycles. The van der Waals surface area contributed by atoms with Gasteiger partial charge in [0, 0.05) is 18.8 Å². The number of hydrogen-bond donors (Lipinski definition) is 1. The summed E-state index contributed by atoms with van der Waals surface area (Å²) in [5, 5.41) is 0. The summed E-state index contributed by atoms with van der Waals surface area (Å²) in [4.78, 5) is 28.8. The van der Waals surface area contributed by atoms with Crippen molar-refractivity contribution in [2.75, 3.05) is 0 Å². The third-order valence-corrected chi connectivity index (χ3v) is 3.77. The van der Waals surface area contributed by atoms with Gasteiger partial charge < -0.3 is 9.88 Å². The first-order valence-corrected chi connectivity index (χ1v) is 7.19. The van der Waals surface area contributed by atoms with E-state index in [0.717, 1.165) is 18.4 Å². The monoisotopic (exact) mass is 282 g/mol. The summed E-state index contributed by atoms with van der Waals surface area (Å²) in [7, 11) is 0. The van der Waals surface area contributed by atoms with Crippen LogP contribution in [0.3, 0.4) is 0 Å². The van der Waals surface area contributed by atoms with E-state index >= 15 is 0 Å². The number of aromatic amines is 1. The molecule has 0 bridgehead atoms. The molecular formula is C17H18N2O2. The molecule has 21 heavy (non-hydrogen) atoms. The van der Waals surface area contributed by atoms with Gasteiger partial charge in [-0.3, -0.25) is 9.59 Å². The number of pyridine rings is 1. The van der Waals surface area contributed by atoms with Gasteiger partial charge in [-0.2, -0.15) is 0 Å². The molecule has 1 aromatic carbocycles. The lowest BCUT2D eigenvalue weighted by molar-refractivity contribution is 0.0728. The van der Waals surface area contributed by atoms with Crippen molar-refractivity contribution in [3.8, 4) is 0 Å². The van der Waals surface area contributed by atoms with Gasteiger partial charge in [-0.05, 0) is 37.5 Å². The van der Waals surface area contributed by atoms with E-state index in [2.05, 4.69) is 4.98 Å². The number of H-pyrrole nitrogens is 1. The van der Waals surface area contributed by atoms with Crippen molar-refractivity contribution in [3.63, 3.8) is 0 Å². The van der Waals surface area contributed by atoms with Crippen LogP contribution in [0.25, 0.3) is 0 Å². The van der Waals surface area contributed by atoms with Gasteiger partial charge in [0.15, 0.2) is 0 Å². The van der Waals surface area contributed by atoms with E-state index < -0.39 is 0 Å². The van der Waals surface area contributed by atoms with Crippen molar-refractivity contribution in [1.29, 1.82) is 0 Å². The lowest BCUT2D eigenvalue weighted by atomic mass is 10.1. The minimum Gasteiger partial charge on any atom is -0.331 e. The highest BCUT2D eigenvalue weighted by Gasteiger charge is 2.33. The molecular weight excluding hydrogens is 264 g/mol. The molecule has 4 nitrogen and oxygen atoms in total. The molecule has 1 amide bonds. The molecule has 2 aromatic rings. The fourth-order valence-corrected chi connectivity index (χ4v) is 2.39. The van der Waals surface area contributed by atoms with Crippen molar-refractivity contribution in [2.45, 2.75) is 32.4 Å². The van der Waals surface area contributed by atoms with E-state index in [0.29, 0.717) is 6.54 Å². The Bertz CT molecular complexity index is 699. The van der Waals surface area contributed by atoms with Gasteiger partial charge in [0.05, 0.1) is 0 Å². The molecule has 1 aromatic heterocycles. The molecule has 1 saturated carbocycles. The first-order chi connectivity index (χ1) is 10.1. The quantitative estimate of drug-likeness (QED) is 0.936. The Kier molecular flexibility index (Phi) is 3.60. The molecule has 1 aliphatic rings. The molecule has 0 spiro atoms. The van der Waals surface area contributed by atoms with Crippen molar-refractivity contribution in [2.24, 2.45) is 0 Å². The number of amides is 1. The molecule has 0 saturated heterocycles. The fourth-order valence-electron chi connectivity index (χ4n) is 2.39. The molecule has 1 aliphatic carbocycles. The van der Waals surface area contributed by atoms with Gasteiger partial charge in [-0.15, -0.1) is 0 Å². The van der Waals surface area contributed by atoms with E-state index in [1.807, 2.05) is 36.1 Å². The number of aromatic nitrogens is 1. The molecule has 1 N–H and O–H groups in total. The Morgan fingerprint density at radius 2 is 1.95 bits per heavy atom. The zero-order valence-corrected chi connectivity index (χ0v) is 12.0. The van der Waals surface area contributed by atoms with E-state index in [-0.39, 0.29) is 23.1 Å². The topological polar surface area (TPSA) is 53.2 Å². The smallest absolute Gasteiger partial charge is 0.260 e. The molecule has 0 atom stereocenters. The first-order valence-electron chi connectivity index (χ1n) is 7.19. The van der Waals surface area contributed by atoms with E-state index in [1.165, 1.54) is 5.56 Å². The van der Waals surface area contributed by atoms with Crippen LogP contribution in [0.4, 0.5) is 0 Å². The largest absolute Gasteiger partial charge is 0.331 e. The fraction of sp³-hybridized carbons (Fsp3) is 0.294. The summed E-state index contributed by atoms with van der Waals surface area (Å²) in [5.41, 5.74) is 2.18. The Labute approximate surface area is 123 Å². The van der Waals surface area contributed by atoms with Crippen molar-refractivity contribution < 1.29 is 4.79 Å². The summed E-state index contributed by atoms with van der Waals surface area (Å²) in [6, 6.07) is 11.7. The minimum absolute atomic E-state index is 0.181. The maximum Gasteiger partial charge on any atom is 0.260 e. The second-order valence-corrected chi connectivity index (χ2v) is 5.56. The average molecular weight is 282 g/mol. The molecule has 108 valence electrons. The molecule has 0 radical (unpaired) electrons. The second kappa shape index (κ2) is 5.56. The molecule has 3 rings (SSSR count). The highest BCUT2D eigenvalue weighted by molar-refractivity contribution is 5.94. The molecule has 0 unspecified atom stereocenters. The van der Waals surface area contributed by atoms with Gasteiger partial charge in [0.25, 0.3) is 11.5 Å². The van der Waals surface area contributed by atoms with E-state index in [1.54, 1.807) is 18.3 Å². The van der Waals surface area contributed by atoms with Gasteiger partial charge in [-0.25, -0.2) is 0 Å². The maximum atomic E-state index is 12.6. The molecule has 4 heteroatoms. The van der Waals surface area contributed by atoms with Crippen LogP contribution in [0, 0.1) is 6.92 Å². The average Bonchev–Trinajstić information content (AvgIpc) is 3.31. The summed E-state index contributed by atoms with van der Waals surface area (Å²) >= 11 is 0. The SMILES string of the molecule is Cc1ccc(CN(C(=O)c2ccc[nH]c2=O)C2CC2)cc1. The number of aryl methyl sites for hydroxylation is 1. The van der Waals surface area contributed by atoms with Gasteiger partial charge >= 0.3 is 0 Å². The molecule has 0 aliphatic heterocycles. The zero-order valence-electron chi connectivity index (χ0n) is 12.0. The number of hydrogen-bond acceptors (Lipinski definition) is 2. The summed E-state index contributed by atoms with van der Waals surface area (Å²) in [5.74, 6) is -0.181. The summed E-state index contributed by atoms with van der Waals surface area (Å²) < 4.78 is 0. The van der Waals surface area contributed by atoms with Crippen LogP contribution in [0.15, 0.2) is 47.4 Å². The third kappa shape index (κ3) is 3.05. The normalized spacial score (nSPS) is 14.0. The Hall–Kier alpha value is -2.36. The maximum absolute atomic E-state index is 12.6. The lowest BCUT2D eigenvalue weighted by Crippen LogP contribution is -2.35. The van der Waals surface area contributed by atoms with Crippen LogP contribution in [0.1, 0.15) is 34.3 Å². The van der Waals surface area contributed by atoms with Crippen LogP contribution in [0.5, 0.6) is 0 Å². The number of nitrogens with zero attached hydrogens (tertiary/aromatic N) is 1. The highest BCUT2D eigenvalue weighted by Crippen LogP contribution is 2.29. The lowest BCUT2D eigenvalue weighted by Gasteiger charge is -2.22. The minimum atomic E-state index is -0.322. The predicted molar refractivity (Wildman–Crippen MR) is 81.1 cm³/mol. The number of nitrogens with one attached hydrogen (secondary N) is 1. The van der Waals surface area contributed by atoms with Gasteiger partial charge in [0.1, 0.15) is 5.56 Å². The first kappa shape index (κ1) is 13.6. The number of benzene rings is 1. The standard InChI is InChI=1S/C17H18N2O2/c1-12-4-6-13(7-5-12)11-19(14-8-9-14)17(21)15-3-2-10-18-16(15)20/h2-7,10,14H,8-9,11H2,1H3,(H,18,20). The zero-order chi connectivity index (χ0) is 14.8. The predicted octanol–water partition coefficient (Wildman–Crippen LogP) is 2.49. The number of rotatable bonds is 4. The van der Waals surface area contributed by atoms with Crippen LogP contribution in [-0.2, 0) is 6.54 Å². The van der Waals surface area contributed by atoms with Crippen LogP contribution in [0.2, 0.25) is 0 Å².